The lowest BCUT2D eigenvalue weighted by molar-refractivity contribution is 0.0625. The van der Waals surface area contributed by atoms with E-state index in [1.54, 1.807) is 23.2 Å². The van der Waals surface area contributed by atoms with Crippen molar-refractivity contribution in [1.82, 2.24) is 28.6 Å². The molecular weight excluding hydrogens is 368 g/mol. The number of aromatic nitrogens is 4. The molecule has 0 radical (unpaired) electrons. The summed E-state index contributed by atoms with van der Waals surface area (Å²) in [6, 6.07) is 11.2. The average molecular weight is 388 g/mol. The summed E-state index contributed by atoms with van der Waals surface area (Å²) < 4.78 is 3.42. The highest BCUT2D eigenvalue weighted by atomic mass is 16.2. The Balaban J connectivity index is 1.27. The van der Waals surface area contributed by atoms with E-state index in [4.69, 9.17) is 0 Å². The van der Waals surface area contributed by atoms with Crippen LogP contribution < -0.4 is 5.56 Å². The van der Waals surface area contributed by atoms with Gasteiger partial charge in [0.2, 0.25) is 0 Å². The minimum absolute atomic E-state index is 0.113. The van der Waals surface area contributed by atoms with E-state index in [1.807, 2.05) is 41.1 Å². The molecule has 4 aromatic rings. The van der Waals surface area contributed by atoms with Gasteiger partial charge < -0.3 is 9.30 Å². The minimum atomic E-state index is -0.326. The second-order valence-electron chi connectivity index (χ2n) is 7.17. The Kier molecular flexibility index (Phi) is 4.33. The smallest absolute Gasteiger partial charge is 0.270 e. The highest BCUT2D eigenvalue weighted by Crippen LogP contribution is 2.11. The third kappa shape index (κ3) is 3.27. The van der Waals surface area contributed by atoms with Crippen LogP contribution in [-0.4, -0.2) is 60.7 Å². The fourth-order valence-corrected chi connectivity index (χ4v) is 3.75. The highest BCUT2D eigenvalue weighted by Gasteiger charge is 2.25. The molecule has 146 valence electrons. The number of imidazole rings is 1. The molecule has 8 nitrogen and oxygen atoms in total. The van der Waals surface area contributed by atoms with Crippen molar-refractivity contribution in [3.05, 3.63) is 82.8 Å². The number of fused-ring (bicyclic) bond motifs is 2. The van der Waals surface area contributed by atoms with Gasteiger partial charge in [-0.2, -0.15) is 0 Å². The molecule has 0 atom stereocenters. The van der Waals surface area contributed by atoms with Gasteiger partial charge in [0.15, 0.2) is 0 Å². The monoisotopic (exact) mass is 388 g/mol. The second-order valence-corrected chi connectivity index (χ2v) is 7.17. The lowest BCUT2D eigenvalue weighted by atomic mass is 10.2. The van der Waals surface area contributed by atoms with E-state index in [2.05, 4.69) is 14.9 Å². The van der Waals surface area contributed by atoms with Gasteiger partial charge in [0.05, 0.1) is 5.69 Å². The maximum Gasteiger partial charge on any atom is 0.270 e. The third-order valence-electron chi connectivity index (χ3n) is 5.30. The molecule has 0 spiro atoms. The largest absolute Gasteiger partial charge is 0.336 e. The van der Waals surface area contributed by atoms with Crippen LogP contribution in [0.1, 0.15) is 16.1 Å². The van der Waals surface area contributed by atoms with Crippen LogP contribution in [0.5, 0.6) is 0 Å². The molecule has 0 bridgehead atoms. The summed E-state index contributed by atoms with van der Waals surface area (Å²) in [5.41, 5.74) is 2.26. The van der Waals surface area contributed by atoms with Gasteiger partial charge >= 0.3 is 0 Å². The average Bonchev–Trinajstić information content (AvgIpc) is 3.17. The van der Waals surface area contributed by atoms with E-state index < -0.39 is 0 Å². The number of carbonyl (C=O) groups is 1. The van der Waals surface area contributed by atoms with E-state index in [9.17, 15) is 9.59 Å². The lowest BCUT2D eigenvalue weighted by Crippen LogP contribution is -2.49. The highest BCUT2D eigenvalue weighted by molar-refractivity contribution is 5.93. The summed E-state index contributed by atoms with van der Waals surface area (Å²) >= 11 is 0. The summed E-state index contributed by atoms with van der Waals surface area (Å²) in [5, 5.41) is 0. The van der Waals surface area contributed by atoms with Gasteiger partial charge in [-0.1, -0.05) is 12.1 Å². The lowest BCUT2D eigenvalue weighted by Gasteiger charge is -2.34. The Labute approximate surface area is 166 Å². The molecule has 1 aliphatic heterocycles. The van der Waals surface area contributed by atoms with Crippen LogP contribution in [0.3, 0.4) is 0 Å². The molecule has 4 aromatic heterocycles. The Hall–Kier alpha value is -3.52. The fraction of sp³-hybridized carbons (Fsp3) is 0.238. The summed E-state index contributed by atoms with van der Waals surface area (Å²) in [6.45, 7) is 3.36. The van der Waals surface area contributed by atoms with Crippen molar-refractivity contribution in [2.45, 2.75) is 6.54 Å². The molecule has 0 aliphatic carbocycles. The van der Waals surface area contributed by atoms with Crippen molar-refractivity contribution in [2.75, 3.05) is 26.2 Å². The summed E-state index contributed by atoms with van der Waals surface area (Å²) in [7, 11) is 0. The zero-order chi connectivity index (χ0) is 19.8. The maximum absolute atomic E-state index is 12.9. The van der Waals surface area contributed by atoms with Gasteiger partial charge in [-0.05, 0) is 24.3 Å². The van der Waals surface area contributed by atoms with Gasteiger partial charge in [0.25, 0.3) is 11.5 Å². The quantitative estimate of drug-likeness (QED) is 0.529. The molecule has 1 fully saturated rings. The molecule has 1 saturated heterocycles. The molecule has 0 saturated carbocycles. The fourth-order valence-electron chi connectivity index (χ4n) is 3.75. The van der Waals surface area contributed by atoms with Gasteiger partial charge in [0.1, 0.15) is 16.9 Å². The number of nitrogens with zero attached hydrogens (tertiary/aromatic N) is 6. The van der Waals surface area contributed by atoms with Crippen LogP contribution in [0.15, 0.2) is 66.0 Å². The van der Waals surface area contributed by atoms with Crippen molar-refractivity contribution in [3.8, 4) is 0 Å². The normalized spacial score (nSPS) is 15.2. The molecule has 0 aromatic carbocycles. The Morgan fingerprint density at radius 2 is 1.72 bits per heavy atom. The first-order chi connectivity index (χ1) is 14.2. The van der Waals surface area contributed by atoms with Gasteiger partial charge in [-0.25, -0.2) is 9.97 Å². The molecule has 8 heteroatoms. The van der Waals surface area contributed by atoms with Gasteiger partial charge in [-0.3, -0.25) is 18.9 Å². The molecule has 1 amide bonds. The predicted octanol–water partition coefficient (Wildman–Crippen LogP) is 1.30. The van der Waals surface area contributed by atoms with Gasteiger partial charge in [0, 0.05) is 57.5 Å². The van der Waals surface area contributed by atoms with Crippen molar-refractivity contribution in [1.29, 1.82) is 0 Å². The first-order valence-electron chi connectivity index (χ1n) is 9.60. The zero-order valence-electron chi connectivity index (χ0n) is 15.8. The topological polar surface area (TPSA) is 75.2 Å². The molecule has 0 N–H and O–H groups in total. The Morgan fingerprint density at radius 3 is 2.52 bits per heavy atom. The second kappa shape index (κ2) is 7.14. The number of carbonyl (C=O) groups excluding carboxylic acids is 1. The van der Waals surface area contributed by atoms with E-state index in [1.165, 1.54) is 10.6 Å². The SMILES string of the molecule is O=C(c1cnc2ccccn2c1=O)N1CCN(Cc2cn3ccccc3n2)CC1. The Bertz CT molecular complexity index is 1220. The maximum atomic E-state index is 12.9. The summed E-state index contributed by atoms with van der Waals surface area (Å²) in [4.78, 5) is 38.4. The molecule has 1 aliphatic rings. The predicted molar refractivity (Wildman–Crippen MR) is 108 cm³/mol. The first kappa shape index (κ1) is 17.6. The van der Waals surface area contributed by atoms with Gasteiger partial charge in [-0.15, -0.1) is 0 Å². The van der Waals surface area contributed by atoms with Crippen molar-refractivity contribution >= 4 is 17.2 Å². The Morgan fingerprint density at radius 1 is 0.966 bits per heavy atom. The number of rotatable bonds is 3. The minimum Gasteiger partial charge on any atom is -0.336 e. The van der Waals surface area contributed by atoms with Crippen LogP contribution in [0.25, 0.3) is 11.3 Å². The number of hydrogen-bond donors (Lipinski definition) is 0. The zero-order valence-corrected chi connectivity index (χ0v) is 15.8. The molecule has 29 heavy (non-hydrogen) atoms. The first-order valence-corrected chi connectivity index (χ1v) is 9.60. The van der Waals surface area contributed by atoms with E-state index in [-0.39, 0.29) is 17.0 Å². The van der Waals surface area contributed by atoms with Crippen LogP contribution in [0, 0.1) is 0 Å². The number of amides is 1. The van der Waals surface area contributed by atoms with Crippen molar-refractivity contribution in [3.63, 3.8) is 0 Å². The molecule has 0 unspecified atom stereocenters. The third-order valence-corrected chi connectivity index (χ3v) is 5.30. The summed E-state index contributed by atoms with van der Waals surface area (Å²) in [5.74, 6) is -0.256. The van der Waals surface area contributed by atoms with E-state index >= 15 is 0 Å². The molecular formula is C21H20N6O2. The van der Waals surface area contributed by atoms with Crippen LogP contribution in [0.4, 0.5) is 0 Å². The number of piperazine rings is 1. The molecule has 5 rings (SSSR count). The number of hydrogen-bond acceptors (Lipinski definition) is 5. The van der Waals surface area contributed by atoms with E-state index in [0.29, 0.717) is 18.7 Å². The summed E-state index contributed by atoms with van der Waals surface area (Å²) in [6.07, 6.45) is 7.05. The van der Waals surface area contributed by atoms with Crippen LogP contribution >= 0.6 is 0 Å². The van der Waals surface area contributed by atoms with Crippen molar-refractivity contribution in [2.24, 2.45) is 0 Å². The molecule has 5 heterocycles. The standard InChI is InChI=1S/C21H20N6O2/c28-20(17-13-22-18-5-2-4-8-27(18)21(17)29)25-11-9-24(10-12-25)14-16-15-26-7-3-1-6-19(26)23-16/h1-8,13,15H,9-12,14H2. The van der Waals surface area contributed by atoms with E-state index in [0.717, 1.165) is 31.0 Å². The van der Waals surface area contributed by atoms with Crippen LogP contribution in [0.2, 0.25) is 0 Å². The van der Waals surface area contributed by atoms with Crippen LogP contribution in [-0.2, 0) is 6.54 Å². The number of pyridine rings is 2. The van der Waals surface area contributed by atoms with Crippen molar-refractivity contribution < 1.29 is 4.79 Å².